The average molecular weight is 382 g/mol. The van der Waals surface area contributed by atoms with E-state index in [2.05, 4.69) is 11.9 Å². The quantitative estimate of drug-likeness (QED) is 0.803. The van der Waals surface area contributed by atoms with E-state index >= 15 is 0 Å². The molecule has 1 amide bonds. The number of hydrogen-bond acceptors (Lipinski definition) is 3. The third kappa shape index (κ3) is 3.63. The van der Waals surface area contributed by atoms with Gasteiger partial charge in [0.15, 0.2) is 0 Å². The van der Waals surface area contributed by atoms with Crippen LogP contribution in [-0.2, 0) is 0 Å². The van der Waals surface area contributed by atoms with Gasteiger partial charge in [-0.2, -0.15) is 0 Å². The highest BCUT2D eigenvalue weighted by Gasteiger charge is 2.41. The Balaban J connectivity index is 1.53. The fourth-order valence-electron chi connectivity index (χ4n) is 4.75. The Bertz CT molecular complexity index is 863. The minimum absolute atomic E-state index is 0.0892. The van der Waals surface area contributed by atoms with Crippen LogP contribution < -0.4 is 4.74 Å². The Morgan fingerprint density at radius 1 is 1.07 bits per heavy atom. The molecule has 148 valence electrons. The lowest BCUT2D eigenvalue weighted by Gasteiger charge is -2.40. The number of rotatable bonds is 3. The van der Waals surface area contributed by atoms with E-state index in [1.54, 1.807) is 13.2 Å². The topological polar surface area (TPSA) is 32.8 Å². The van der Waals surface area contributed by atoms with Crippen molar-refractivity contribution in [1.82, 2.24) is 9.80 Å². The molecule has 5 heteroatoms. The molecule has 4 nitrogen and oxygen atoms in total. The Hall–Kier alpha value is -2.40. The monoisotopic (exact) mass is 382 g/mol. The van der Waals surface area contributed by atoms with E-state index in [1.807, 2.05) is 29.2 Å². The first kappa shape index (κ1) is 18.9. The summed E-state index contributed by atoms with van der Waals surface area (Å²) in [6.45, 7) is 3.86. The fourth-order valence-corrected chi connectivity index (χ4v) is 4.75. The van der Waals surface area contributed by atoms with Gasteiger partial charge in [0.2, 0.25) is 0 Å². The van der Waals surface area contributed by atoms with Crippen molar-refractivity contribution in [2.75, 3.05) is 40.3 Å². The second-order valence-electron chi connectivity index (χ2n) is 8.24. The number of benzene rings is 2. The van der Waals surface area contributed by atoms with Crippen molar-refractivity contribution < 1.29 is 13.9 Å². The molecule has 2 aliphatic rings. The van der Waals surface area contributed by atoms with Gasteiger partial charge >= 0.3 is 0 Å². The van der Waals surface area contributed by atoms with Crippen molar-refractivity contribution in [2.24, 2.45) is 5.41 Å². The van der Waals surface area contributed by atoms with Crippen molar-refractivity contribution in [3.8, 4) is 16.9 Å². The highest BCUT2D eigenvalue weighted by Crippen LogP contribution is 2.39. The third-order valence-corrected chi connectivity index (χ3v) is 6.18. The number of carbonyl (C=O) groups is 1. The Morgan fingerprint density at radius 2 is 1.86 bits per heavy atom. The highest BCUT2D eigenvalue weighted by molar-refractivity contribution is 5.95. The van der Waals surface area contributed by atoms with Crippen molar-refractivity contribution in [3.05, 3.63) is 53.8 Å². The Labute approximate surface area is 165 Å². The van der Waals surface area contributed by atoms with Crippen LogP contribution in [0.4, 0.5) is 4.39 Å². The number of nitrogens with zero attached hydrogens (tertiary/aromatic N) is 2. The maximum atomic E-state index is 13.7. The molecule has 0 aromatic heterocycles. The third-order valence-electron chi connectivity index (χ3n) is 6.18. The average Bonchev–Trinajstić information content (AvgIpc) is 3.07. The van der Waals surface area contributed by atoms with Crippen molar-refractivity contribution in [1.29, 1.82) is 0 Å². The Kier molecular flexibility index (Phi) is 5.11. The van der Waals surface area contributed by atoms with Crippen molar-refractivity contribution >= 4 is 5.91 Å². The first-order chi connectivity index (χ1) is 13.5. The van der Waals surface area contributed by atoms with Gasteiger partial charge in [-0.3, -0.25) is 4.79 Å². The number of carbonyl (C=O) groups excluding carboxylic acids is 1. The molecular weight excluding hydrogens is 355 g/mol. The van der Waals surface area contributed by atoms with E-state index in [0.29, 0.717) is 16.9 Å². The van der Waals surface area contributed by atoms with Crippen molar-refractivity contribution in [2.45, 2.75) is 19.3 Å². The Morgan fingerprint density at radius 3 is 2.54 bits per heavy atom. The summed E-state index contributed by atoms with van der Waals surface area (Å²) >= 11 is 0. The highest BCUT2D eigenvalue weighted by atomic mass is 19.1. The molecule has 0 bridgehead atoms. The molecular formula is C23H27FN2O2. The summed E-state index contributed by atoms with van der Waals surface area (Å²) in [5, 5.41) is 0. The molecule has 0 saturated carbocycles. The molecule has 2 saturated heterocycles. The lowest BCUT2D eigenvalue weighted by Crippen LogP contribution is -2.47. The van der Waals surface area contributed by atoms with E-state index in [9.17, 15) is 9.18 Å². The van der Waals surface area contributed by atoms with E-state index in [4.69, 9.17) is 4.74 Å². The number of amides is 1. The van der Waals surface area contributed by atoms with Crippen LogP contribution in [0.3, 0.4) is 0 Å². The molecule has 4 rings (SSSR count). The predicted molar refractivity (Wildman–Crippen MR) is 108 cm³/mol. The van der Waals surface area contributed by atoms with Crippen LogP contribution in [0.1, 0.15) is 29.6 Å². The minimum Gasteiger partial charge on any atom is -0.496 e. The standard InChI is InChI=1S/C23H27FN2O2/c1-25-13-11-23(15-25)10-3-12-26(16-23)22(27)18-6-4-17(5-7-18)20-14-19(24)8-9-21(20)28-2/h4-9,14H,3,10-13,15-16H2,1-2H3/t23-/m1/s1. The summed E-state index contributed by atoms with van der Waals surface area (Å²) in [5.74, 6) is 0.395. The number of likely N-dealkylation sites (tertiary alicyclic amines) is 2. The molecule has 2 heterocycles. The van der Waals surface area contributed by atoms with Crippen LogP contribution in [0.2, 0.25) is 0 Å². The maximum Gasteiger partial charge on any atom is 0.253 e. The van der Waals surface area contributed by atoms with Gasteiger partial charge in [0.05, 0.1) is 7.11 Å². The first-order valence-corrected chi connectivity index (χ1v) is 9.91. The van der Waals surface area contributed by atoms with Gasteiger partial charge in [-0.05, 0) is 68.8 Å². The molecule has 0 radical (unpaired) electrons. The molecule has 1 atom stereocenters. The smallest absolute Gasteiger partial charge is 0.253 e. The molecule has 2 fully saturated rings. The zero-order valence-electron chi connectivity index (χ0n) is 16.6. The normalized spacial score (nSPS) is 22.6. The summed E-state index contributed by atoms with van der Waals surface area (Å²) in [6, 6.07) is 11.9. The van der Waals surface area contributed by atoms with Crippen LogP contribution in [0.5, 0.6) is 5.75 Å². The van der Waals surface area contributed by atoms with Gasteiger partial charge in [-0.15, -0.1) is 0 Å². The van der Waals surface area contributed by atoms with Gasteiger partial charge in [0.1, 0.15) is 11.6 Å². The number of methoxy groups -OCH3 is 1. The van der Waals surface area contributed by atoms with E-state index in [1.165, 1.54) is 25.0 Å². The predicted octanol–water partition coefficient (Wildman–Crippen LogP) is 4.06. The molecule has 2 aliphatic heterocycles. The van der Waals surface area contributed by atoms with Crippen LogP contribution in [0, 0.1) is 11.2 Å². The SMILES string of the molecule is COc1ccc(F)cc1-c1ccc(C(=O)N2CCC[C@]3(CCN(C)C3)C2)cc1. The second kappa shape index (κ2) is 7.55. The molecule has 0 aliphatic carbocycles. The van der Waals surface area contributed by atoms with Gasteiger partial charge in [-0.1, -0.05) is 12.1 Å². The zero-order valence-corrected chi connectivity index (χ0v) is 16.6. The van der Waals surface area contributed by atoms with Crippen LogP contribution >= 0.6 is 0 Å². The molecule has 2 aromatic carbocycles. The zero-order chi connectivity index (χ0) is 19.7. The van der Waals surface area contributed by atoms with Gasteiger partial charge in [-0.25, -0.2) is 4.39 Å². The van der Waals surface area contributed by atoms with Crippen LogP contribution in [0.15, 0.2) is 42.5 Å². The van der Waals surface area contributed by atoms with Crippen LogP contribution in [0.25, 0.3) is 11.1 Å². The fraction of sp³-hybridized carbons (Fsp3) is 0.435. The minimum atomic E-state index is -0.309. The lowest BCUT2D eigenvalue weighted by molar-refractivity contribution is 0.0534. The van der Waals surface area contributed by atoms with Gasteiger partial charge in [0, 0.05) is 36.2 Å². The van der Waals surface area contributed by atoms with Crippen LogP contribution in [-0.4, -0.2) is 56.0 Å². The summed E-state index contributed by atoms with van der Waals surface area (Å²) in [5.41, 5.74) is 2.47. The summed E-state index contributed by atoms with van der Waals surface area (Å²) in [6.07, 6.45) is 3.45. The summed E-state index contributed by atoms with van der Waals surface area (Å²) < 4.78 is 19.0. The summed E-state index contributed by atoms with van der Waals surface area (Å²) in [7, 11) is 3.73. The maximum absolute atomic E-state index is 13.7. The molecule has 0 N–H and O–H groups in total. The largest absolute Gasteiger partial charge is 0.496 e. The number of ether oxygens (including phenoxy) is 1. The second-order valence-corrected chi connectivity index (χ2v) is 8.24. The number of piperidine rings is 1. The van der Waals surface area contributed by atoms with Gasteiger partial charge < -0.3 is 14.5 Å². The van der Waals surface area contributed by atoms with Gasteiger partial charge in [0.25, 0.3) is 5.91 Å². The molecule has 2 aromatic rings. The number of hydrogen-bond donors (Lipinski definition) is 0. The summed E-state index contributed by atoms with van der Waals surface area (Å²) in [4.78, 5) is 17.5. The lowest BCUT2D eigenvalue weighted by atomic mass is 9.79. The number of halogens is 1. The van der Waals surface area contributed by atoms with E-state index in [-0.39, 0.29) is 17.1 Å². The van der Waals surface area contributed by atoms with E-state index in [0.717, 1.165) is 38.2 Å². The first-order valence-electron chi connectivity index (χ1n) is 9.91. The molecule has 0 unspecified atom stereocenters. The molecule has 1 spiro atoms. The van der Waals surface area contributed by atoms with E-state index < -0.39 is 0 Å². The molecule has 28 heavy (non-hydrogen) atoms. The van der Waals surface area contributed by atoms with Crippen molar-refractivity contribution in [3.63, 3.8) is 0 Å².